The zero-order valence-electron chi connectivity index (χ0n) is 14.3. The molecule has 0 aliphatic rings. The number of hydrogen-bond donors (Lipinski definition) is 1. The Kier molecular flexibility index (Phi) is 7.18. The predicted molar refractivity (Wildman–Crippen MR) is 94.7 cm³/mol. The fourth-order valence-electron chi connectivity index (χ4n) is 2.13. The van der Waals surface area contributed by atoms with E-state index in [1.807, 2.05) is 0 Å². The molecule has 0 saturated carbocycles. The van der Waals surface area contributed by atoms with Crippen LogP contribution in [-0.4, -0.2) is 45.5 Å². The Morgan fingerprint density at radius 2 is 1.88 bits per heavy atom. The lowest BCUT2D eigenvalue weighted by molar-refractivity contribution is 0.0790. The minimum absolute atomic E-state index is 0.0679. The number of carbonyl (C=O) groups excluding carboxylic acids is 1. The van der Waals surface area contributed by atoms with Crippen LogP contribution in [0.2, 0.25) is 0 Å². The van der Waals surface area contributed by atoms with E-state index in [9.17, 15) is 13.2 Å². The van der Waals surface area contributed by atoms with Crippen molar-refractivity contribution in [3.63, 3.8) is 0 Å². The first kappa shape index (κ1) is 19.9. The van der Waals surface area contributed by atoms with Crippen LogP contribution in [-0.2, 0) is 10.0 Å². The number of ether oxygens (including phenoxy) is 1. The summed E-state index contributed by atoms with van der Waals surface area (Å²) in [6, 6.07) is 4.05. The zero-order valence-corrected chi connectivity index (χ0v) is 15.1. The number of sulfonamides is 1. The molecule has 1 aromatic rings. The van der Waals surface area contributed by atoms with Gasteiger partial charge in [-0.1, -0.05) is 12.2 Å². The molecule has 1 N–H and O–H groups in total. The number of carbonyl (C=O) groups is 1. The quantitative estimate of drug-likeness (QED) is 0.691. The van der Waals surface area contributed by atoms with Crippen LogP contribution in [0.1, 0.15) is 24.2 Å². The second kappa shape index (κ2) is 8.65. The standard InChI is InChI=1S/C17H24N2O4S/c1-6-10-19(11-7-2)17(20)14-8-9-15(23-5)16(12-14)24(21,22)18-13(3)4/h6-9,12-13,18H,1-2,10-11H2,3-5H3. The van der Waals surface area contributed by atoms with Crippen LogP contribution in [0.3, 0.4) is 0 Å². The molecule has 0 unspecified atom stereocenters. The molecule has 0 bridgehead atoms. The van der Waals surface area contributed by atoms with Gasteiger partial charge in [0.2, 0.25) is 10.0 Å². The van der Waals surface area contributed by atoms with Gasteiger partial charge in [-0.3, -0.25) is 4.79 Å². The largest absolute Gasteiger partial charge is 0.495 e. The van der Waals surface area contributed by atoms with Crippen molar-refractivity contribution < 1.29 is 17.9 Å². The van der Waals surface area contributed by atoms with Gasteiger partial charge in [-0.05, 0) is 32.0 Å². The Morgan fingerprint density at radius 3 is 2.33 bits per heavy atom. The second-order valence-corrected chi connectivity index (χ2v) is 7.11. The lowest BCUT2D eigenvalue weighted by Crippen LogP contribution is -2.32. The van der Waals surface area contributed by atoms with Crippen molar-refractivity contribution in [2.75, 3.05) is 20.2 Å². The highest BCUT2D eigenvalue weighted by Crippen LogP contribution is 2.25. The van der Waals surface area contributed by atoms with Crippen LogP contribution in [0.5, 0.6) is 5.75 Å². The summed E-state index contributed by atoms with van der Waals surface area (Å²) in [4.78, 5) is 14.0. The topological polar surface area (TPSA) is 75.7 Å². The molecule has 24 heavy (non-hydrogen) atoms. The van der Waals surface area contributed by atoms with E-state index in [-0.39, 0.29) is 28.2 Å². The number of amides is 1. The van der Waals surface area contributed by atoms with Gasteiger partial charge in [-0.2, -0.15) is 0 Å². The molecule has 0 saturated heterocycles. The predicted octanol–water partition coefficient (Wildman–Crippen LogP) is 2.20. The summed E-state index contributed by atoms with van der Waals surface area (Å²) in [6.07, 6.45) is 3.20. The molecule has 6 nitrogen and oxygen atoms in total. The number of rotatable bonds is 9. The molecule has 132 valence electrons. The molecule has 0 aliphatic carbocycles. The van der Waals surface area contributed by atoms with Crippen molar-refractivity contribution >= 4 is 15.9 Å². The molecule has 1 rings (SSSR count). The summed E-state index contributed by atoms with van der Waals surface area (Å²) in [6.45, 7) is 11.4. The average Bonchev–Trinajstić information content (AvgIpc) is 2.52. The SMILES string of the molecule is C=CCN(CC=C)C(=O)c1ccc(OC)c(S(=O)(=O)NC(C)C)c1. The molecule has 0 radical (unpaired) electrons. The molecule has 1 amide bonds. The van der Waals surface area contributed by atoms with E-state index in [0.717, 1.165) is 0 Å². The number of methoxy groups -OCH3 is 1. The van der Waals surface area contributed by atoms with Crippen molar-refractivity contribution in [1.29, 1.82) is 0 Å². The number of nitrogens with zero attached hydrogens (tertiary/aromatic N) is 1. The maximum Gasteiger partial charge on any atom is 0.254 e. The fraction of sp³-hybridized carbons (Fsp3) is 0.353. The number of benzene rings is 1. The summed E-state index contributed by atoms with van der Waals surface area (Å²) in [5.41, 5.74) is 0.253. The van der Waals surface area contributed by atoms with Gasteiger partial charge in [0.15, 0.2) is 0 Å². The molecular formula is C17H24N2O4S. The molecule has 7 heteroatoms. The summed E-state index contributed by atoms with van der Waals surface area (Å²) < 4.78 is 32.6. The lowest BCUT2D eigenvalue weighted by Gasteiger charge is -2.20. The van der Waals surface area contributed by atoms with Crippen molar-refractivity contribution in [3.05, 3.63) is 49.1 Å². The molecule has 0 heterocycles. The Morgan fingerprint density at radius 1 is 1.29 bits per heavy atom. The van der Waals surface area contributed by atoms with Gasteiger partial charge in [-0.15, -0.1) is 13.2 Å². The molecule has 0 fully saturated rings. The van der Waals surface area contributed by atoms with Crippen LogP contribution in [0, 0.1) is 0 Å². The van der Waals surface area contributed by atoms with Gasteiger partial charge < -0.3 is 9.64 Å². The Hall–Kier alpha value is -2.12. The van der Waals surface area contributed by atoms with Crippen molar-refractivity contribution in [2.24, 2.45) is 0 Å². The van der Waals surface area contributed by atoms with E-state index in [4.69, 9.17) is 4.74 Å². The average molecular weight is 352 g/mol. The van der Waals surface area contributed by atoms with E-state index < -0.39 is 10.0 Å². The highest BCUT2D eigenvalue weighted by molar-refractivity contribution is 7.89. The second-order valence-electron chi connectivity index (χ2n) is 5.43. The van der Waals surface area contributed by atoms with Crippen LogP contribution in [0.4, 0.5) is 0 Å². The van der Waals surface area contributed by atoms with Crippen molar-refractivity contribution in [1.82, 2.24) is 9.62 Å². The first-order valence-electron chi connectivity index (χ1n) is 7.48. The smallest absolute Gasteiger partial charge is 0.254 e. The summed E-state index contributed by atoms with van der Waals surface area (Å²) in [5, 5.41) is 0. The van der Waals surface area contributed by atoms with Crippen LogP contribution in [0.15, 0.2) is 48.4 Å². The van der Waals surface area contributed by atoms with Gasteiger partial charge in [0.1, 0.15) is 10.6 Å². The summed E-state index contributed by atoms with van der Waals surface area (Å²) >= 11 is 0. The van der Waals surface area contributed by atoms with Crippen LogP contribution < -0.4 is 9.46 Å². The first-order valence-corrected chi connectivity index (χ1v) is 8.96. The maximum absolute atomic E-state index is 12.6. The van der Waals surface area contributed by atoms with Gasteiger partial charge in [-0.25, -0.2) is 13.1 Å². The van der Waals surface area contributed by atoms with Crippen LogP contribution >= 0.6 is 0 Å². The van der Waals surface area contributed by atoms with Gasteiger partial charge in [0, 0.05) is 24.7 Å². The molecule has 0 aromatic heterocycles. The van der Waals surface area contributed by atoms with Crippen molar-refractivity contribution in [3.8, 4) is 5.75 Å². The Bertz CT molecular complexity index is 701. The minimum Gasteiger partial charge on any atom is -0.495 e. The molecule has 0 atom stereocenters. The van der Waals surface area contributed by atoms with Crippen LogP contribution in [0.25, 0.3) is 0 Å². The Labute approximate surface area is 143 Å². The van der Waals surface area contributed by atoms with E-state index in [0.29, 0.717) is 13.1 Å². The van der Waals surface area contributed by atoms with E-state index in [1.165, 1.54) is 30.2 Å². The van der Waals surface area contributed by atoms with Gasteiger partial charge >= 0.3 is 0 Å². The highest BCUT2D eigenvalue weighted by Gasteiger charge is 2.23. The molecule has 0 spiro atoms. The van der Waals surface area contributed by atoms with E-state index in [2.05, 4.69) is 17.9 Å². The molecular weight excluding hydrogens is 328 g/mol. The van der Waals surface area contributed by atoms with E-state index >= 15 is 0 Å². The molecule has 1 aromatic carbocycles. The third-order valence-electron chi connectivity index (χ3n) is 3.08. The van der Waals surface area contributed by atoms with E-state index in [1.54, 1.807) is 26.0 Å². The third kappa shape index (κ3) is 4.94. The fourth-order valence-corrected chi connectivity index (χ4v) is 3.57. The minimum atomic E-state index is -3.79. The summed E-state index contributed by atoms with van der Waals surface area (Å²) in [7, 11) is -2.41. The Balaban J connectivity index is 3.33. The third-order valence-corrected chi connectivity index (χ3v) is 4.76. The maximum atomic E-state index is 12.6. The highest BCUT2D eigenvalue weighted by atomic mass is 32.2. The monoisotopic (exact) mass is 352 g/mol. The molecule has 0 aliphatic heterocycles. The number of nitrogens with one attached hydrogen (secondary N) is 1. The summed E-state index contributed by atoms with van der Waals surface area (Å²) in [5.74, 6) is -0.128. The normalized spacial score (nSPS) is 11.2. The first-order chi connectivity index (χ1) is 11.3. The van der Waals surface area contributed by atoms with Gasteiger partial charge in [0.25, 0.3) is 5.91 Å². The van der Waals surface area contributed by atoms with Crippen molar-refractivity contribution in [2.45, 2.75) is 24.8 Å². The number of hydrogen-bond acceptors (Lipinski definition) is 4. The zero-order chi connectivity index (χ0) is 18.3. The van der Waals surface area contributed by atoms with Gasteiger partial charge in [0.05, 0.1) is 7.11 Å². The lowest BCUT2D eigenvalue weighted by atomic mass is 10.2.